The molecule has 35 heavy (non-hydrogen) atoms. The van der Waals surface area contributed by atoms with Crippen molar-refractivity contribution in [3.63, 3.8) is 0 Å². The van der Waals surface area contributed by atoms with Crippen molar-refractivity contribution in [1.29, 1.82) is 0 Å². The molecule has 0 fully saturated rings. The molecule has 0 aliphatic rings. The highest BCUT2D eigenvalue weighted by Crippen LogP contribution is 2.20. The van der Waals surface area contributed by atoms with Crippen molar-refractivity contribution in [2.75, 3.05) is 17.1 Å². The molecular formula is C26H36BrN3O4S. The molecule has 0 aliphatic heterocycles. The smallest absolute Gasteiger partial charge is 0.242 e. The van der Waals surface area contributed by atoms with Crippen molar-refractivity contribution in [2.45, 2.75) is 65.6 Å². The molecule has 2 aromatic carbocycles. The van der Waals surface area contributed by atoms with Crippen LogP contribution < -0.4 is 9.62 Å². The van der Waals surface area contributed by atoms with E-state index in [1.165, 1.54) is 4.31 Å². The van der Waals surface area contributed by atoms with Gasteiger partial charge in [-0.2, -0.15) is 0 Å². The van der Waals surface area contributed by atoms with Crippen LogP contribution in [0.3, 0.4) is 0 Å². The summed E-state index contributed by atoms with van der Waals surface area (Å²) in [6, 6.07) is 14.2. The van der Waals surface area contributed by atoms with Gasteiger partial charge in [-0.25, -0.2) is 8.42 Å². The first kappa shape index (κ1) is 28.8. The molecule has 192 valence electrons. The normalized spacial score (nSPS) is 13.1. The number of hydrogen-bond acceptors (Lipinski definition) is 4. The van der Waals surface area contributed by atoms with Crippen LogP contribution in [0.5, 0.6) is 0 Å². The second-order valence-corrected chi connectivity index (χ2v) is 11.7. The van der Waals surface area contributed by atoms with Crippen LogP contribution in [0.25, 0.3) is 0 Å². The molecule has 0 radical (unpaired) electrons. The topological polar surface area (TPSA) is 86.8 Å². The molecule has 0 spiro atoms. The molecule has 2 atom stereocenters. The third kappa shape index (κ3) is 8.96. The number of aryl methyl sites for hydroxylation is 1. The maximum absolute atomic E-state index is 13.3. The van der Waals surface area contributed by atoms with Crippen molar-refractivity contribution >= 4 is 43.5 Å². The zero-order valence-electron chi connectivity index (χ0n) is 21.1. The van der Waals surface area contributed by atoms with Crippen LogP contribution in [0.4, 0.5) is 5.69 Å². The zero-order chi connectivity index (χ0) is 26.2. The molecule has 2 amide bonds. The van der Waals surface area contributed by atoms with E-state index in [9.17, 15) is 18.0 Å². The summed E-state index contributed by atoms with van der Waals surface area (Å²) in [5.74, 6) is -0.408. The summed E-state index contributed by atoms with van der Waals surface area (Å²) in [5.41, 5.74) is 2.50. The zero-order valence-corrected chi connectivity index (χ0v) is 23.5. The van der Waals surface area contributed by atoms with Crippen LogP contribution in [0.2, 0.25) is 0 Å². The van der Waals surface area contributed by atoms with Gasteiger partial charge < -0.3 is 10.2 Å². The van der Waals surface area contributed by atoms with Crippen molar-refractivity contribution in [3.05, 3.63) is 64.1 Å². The van der Waals surface area contributed by atoms with Gasteiger partial charge in [0.1, 0.15) is 6.04 Å². The van der Waals surface area contributed by atoms with Crippen molar-refractivity contribution < 1.29 is 18.0 Å². The average molecular weight is 567 g/mol. The second-order valence-electron chi connectivity index (χ2n) is 8.92. The van der Waals surface area contributed by atoms with E-state index in [0.29, 0.717) is 12.1 Å². The first-order valence-electron chi connectivity index (χ1n) is 11.8. The Balaban J connectivity index is 2.16. The Morgan fingerprint density at radius 3 is 2.31 bits per heavy atom. The average Bonchev–Trinajstić information content (AvgIpc) is 2.79. The predicted octanol–water partition coefficient (Wildman–Crippen LogP) is 4.64. The standard InChI is InChI=1S/C26H36BrN3O4S/c1-6-20(3)28-26(32)21(4)29(18-22-9-7-10-23(27)17-22)25(31)11-8-16-30(35(5,33)34)24-14-12-19(2)13-15-24/h7,9-10,12-15,17,20-21H,6,8,11,16,18H2,1-5H3,(H,28,32)/t20-,21-/m0/s1. The maximum Gasteiger partial charge on any atom is 0.242 e. The quantitative estimate of drug-likeness (QED) is 0.406. The van der Waals surface area contributed by atoms with Gasteiger partial charge in [-0.3, -0.25) is 13.9 Å². The maximum atomic E-state index is 13.3. The molecule has 0 saturated carbocycles. The highest BCUT2D eigenvalue weighted by molar-refractivity contribution is 9.10. The summed E-state index contributed by atoms with van der Waals surface area (Å²) in [4.78, 5) is 27.7. The van der Waals surface area contributed by atoms with Gasteiger partial charge in [-0.15, -0.1) is 0 Å². The highest BCUT2D eigenvalue weighted by atomic mass is 79.9. The Morgan fingerprint density at radius 1 is 1.09 bits per heavy atom. The SMILES string of the molecule is CC[C@H](C)NC(=O)[C@H](C)N(Cc1cccc(Br)c1)C(=O)CCCN(c1ccc(C)cc1)S(C)(=O)=O. The van der Waals surface area contributed by atoms with Crippen molar-refractivity contribution in [3.8, 4) is 0 Å². The fraction of sp³-hybridized carbons (Fsp3) is 0.462. The van der Waals surface area contributed by atoms with Crippen LogP contribution in [0.1, 0.15) is 51.2 Å². The number of carbonyl (C=O) groups is 2. The lowest BCUT2D eigenvalue weighted by atomic mass is 10.1. The van der Waals surface area contributed by atoms with Gasteiger partial charge in [-0.1, -0.05) is 52.7 Å². The van der Waals surface area contributed by atoms with Crippen LogP contribution in [-0.2, 0) is 26.2 Å². The molecule has 9 heteroatoms. The van der Waals surface area contributed by atoms with Gasteiger partial charge in [0.2, 0.25) is 21.8 Å². The number of rotatable bonds is 12. The summed E-state index contributed by atoms with van der Waals surface area (Å²) in [7, 11) is -3.51. The number of amides is 2. The number of hydrogen-bond donors (Lipinski definition) is 1. The van der Waals surface area contributed by atoms with E-state index in [4.69, 9.17) is 0 Å². The minimum atomic E-state index is -3.51. The Labute approximate surface area is 218 Å². The Bertz CT molecular complexity index is 1110. The van der Waals surface area contributed by atoms with Gasteiger partial charge in [0.15, 0.2) is 0 Å². The third-order valence-corrected chi connectivity index (χ3v) is 7.57. The van der Waals surface area contributed by atoms with E-state index in [2.05, 4.69) is 21.2 Å². The monoisotopic (exact) mass is 565 g/mol. The summed E-state index contributed by atoms with van der Waals surface area (Å²) in [5, 5.41) is 2.95. The molecule has 0 aliphatic carbocycles. The fourth-order valence-electron chi connectivity index (χ4n) is 3.60. The molecule has 0 aromatic heterocycles. The number of halogens is 1. The molecule has 0 heterocycles. The number of anilines is 1. The lowest BCUT2D eigenvalue weighted by Crippen LogP contribution is -2.49. The Morgan fingerprint density at radius 2 is 1.74 bits per heavy atom. The predicted molar refractivity (Wildman–Crippen MR) is 145 cm³/mol. The summed E-state index contributed by atoms with van der Waals surface area (Å²) >= 11 is 3.46. The lowest BCUT2D eigenvalue weighted by Gasteiger charge is -2.30. The van der Waals surface area contributed by atoms with E-state index in [1.807, 2.05) is 57.2 Å². The van der Waals surface area contributed by atoms with Crippen molar-refractivity contribution in [2.24, 2.45) is 0 Å². The first-order valence-corrected chi connectivity index (χ1v) is 14.4. The Kier molecular flexibility index (Phi) is 10.8. The first-order chi connectivity index (χ1) is 16.4. The molecular weight excluding hydrogens is 530 g/mol. The van der Waals surface area contributed by atoms with E-state index in [0.717, 1.165) is 28.3 Å². The number of carbonyl (C=O) groups excluding carboxylic acids is 2. The lowest BCUT2D eigenvalue weighted by molar-refractivity contribution is -0.140. The van der Waals surface area contributed by atoms with Crippen LogP contribution in [0, 0.1) is 6.92 Å². The molecule has 1 N–H and O–H groups in total. The molecule has 7 nitrogen and oxygen atoms in total. The van der Waals surface area contributed by atoms with Crippen LogP contribution in [-0.4, -0.2) is 50.0 Å². The third-order valence-electron chi connectivity index (χ3n) is 5.88. The van der Waals surface area contributed by atoms with Gasteiger partial charge in [0, 0.05) is 30.0 Å². The van der Waals surface area contributed by atoms with E-state index in [-0.39, 0.29) is 37.4 Å². The van der Waals surface area contributed by atoms with Gasteiger partial charge in [-0.05, 0) is 63.4 Å². The van der Waals surface area contributed by atoms with E-state index < -0.39 is 16.1 Å². The number of nitrogens with zero attached hydrogens (tertiary/aromatic N) is 2. The summed E-state index contributed by atoms with van der Waals surface area (Å²) < 4.78 is 27.0. The molecule has 2 aromatic rings. The number of nitrogens with one attached hydrogen (secondary N) is 1. The number of benzene rings is 2. The highest BCUT2D eigenvalue weighted by Gasteiger charge is 2.27. The van der Waals surface area contributed by atoms with Gasteiger partial charge in [0.25, 0.3) is 0 Å². The van der Waals surface area contributed by atoms with Crippen LogP contribution >= 0.6 is 15.9 Å². The van der Waals surface area contributed by atoms with E-state index >= 15 is 0 Å². The summed E-state index contributed by atoms with van der Waals surface area (Å²) in [6.07, 6.45) is 2.40. The van der Waals surface area contributed by atoms with Crippen LogP contribution in [0.15, 0.2) is 53.0 Å². The van der Waals surface area contributed by atoms with Crippen molar-refractivity contribution in [1.82, 2.24) is 10.2 Å². The molecule has 0 unspecified atom stereocenters. The fourth-order valence-corrected chi connectivity index (χ4v) is 5.01. The second kappa shape index (κ2) is 13.1. The molecule has 0 saturated heterocycles. The minimum Gasteiger partial charge on any atom is -0.352 e. The van der Waals surface area contributed by atoms with Gasteiger partial charge in [0.05, 0.1) is 11.9 Å². The van der Waals surface area contributed by atoms with E-state index in [1.54, 1.807) is 24.0 Å². The molecule has 0 bridgehead atoms. The van der Waals surface area contributed by atoms with Gasteiger partial charge >= 0.3 is 0 Å². The summed E-state index contributed by atoms with van der Waals surface area (Å²) in [6.45, 7) is 8.03. The number of sulfonamides is 1. The Hall–Kier alpha value is -2.39. The minimum absolute atomic E-state index is 0.00519. The molecule has 2 rings (SSSR count). The largest absolute Gasteiger partial charge is 0.352 e.